The molecular weight excluding hydrogens is 332 g/mol. The van der Waals surface area contributed by atoms with Gasteiger partial charge in [-0.25, -0.2) is 8.42 Å². The number of carbonyl (C=O) groups is 1. The van der Waals surface area contributed by atoms with Crippen LogP contribution in [0.3, 0.4) is 0 Å². The number of hydrogen-bond acceptors (Lipinski definition) is 3. The standard InChI is InChI=1S/C21H32O3S/c1-15(2)25(23,24)11-7-5-6-8-20(22)14-18-9-10-21-17(4)16(3)12-19(21)13-18/h9-10,13,15-17H,5-8,11-12,14H2,1-4H3. The van der Waals surface area contributed by atoms with Crippen LogP contribution in [0.2, 0.25) is 0 Å². The van der Waals surface area contributed by atoms with E-state index >= 15 is 0 Å². The van der Waals surface area contributed by atoms with Gasteiger partial charge in [-0.05, 0) is 61.6 Å². The Labute approximate surface area is 153 Å². The molecule has 0 saturated heterocycles. The van der Waals surface area contributed by atoms with Crippen molar-refractivity contribution in [1.82, 2.24) is 0 Å². The predicted octanol–water partition coefficient (Wildman–Crippen LogP) is 4.48. The highest BCUT2D eigenvalue weighted by Gasteiger charge is 2.25. The maximum atomic E-state index is 12.2. The number of Topliss-reactive ketones (excluding diaryl/α,β-unsaturated/α-hetero) is 1. The summed E-state index contributed by atoms with van der Waals surface area (Å²) in [6, 6.07) is 6.51. The summed E-state index contributed by atoms with van der Waals surface area (Å²) in [5.41, 5.74) is 3.96. The molecule has 3 nitrogen and oxygen atoms in total. The van der Waals surface area contributed by atoms with Gasteiger partial charge in [-0.3, -0.25) is 4.79 Å². The number of rotatable bonds is 9. The number of carbonyl (C=O) groups excluding carboxylic acids is 1. The second kappa shape index (κ2) is 8.48. The Morgan fingerprint density at radius 3 is 2.56 bits per heavy atom. The van der Waals surface area contributed by atoms with Crippen LogP contribution in [0, 0.1) is 5.92 Å². The van der Waals surface area contributed by atoms with Crippen LogP contribution in [-0.4, -0.2) is 25.2 Å². The number of sulfone groups is 1. The van der Waals surface area contributed by atoms with E-state index in [1.807, 2.05) is 0 Å². The maximum Gasteiger partial charge on any atom is 0.152 e. The topological polar surface area (TPSA) is 51.2 Å². The molecule has 2 unspecified atom stereocenters. The van der Waals surface area contributed by atoms with E-state index in [1.165, 1.54) is 11.1 Å². The van der Waals surface area contributed by atoms with E-state index in [0.29, 0.717) is 31.1 Å². The minimum absolute atomic E-state index is 0.236. The van der Waals surface area contributed by atoms with Gasteiger partial charge in [0.05, 0.1) is 11.0 Å². The van der Waals surface area contributed by atoms with Crippen molar-refractivity contribution in [3.8, 4) is 0 Å². The lowest BCUT2D eigenvalue weighted by Crippen LogP contribution is -2.17. The molecule has 0 heterocycles. The summed E-state index contributed by atoms with van der Waals surface area (Å²) in [7, 11) is -2.95. The van der Waals surface area contributed by atoms with Gasteiger partial charge in [0.2, 0.25) is 0 Å². The fourth-order valence-corrected chi connectivity index (χ4v) is 4.65. The zero-order valence-electron chi connectivity index (χ0n) is 16.0. The summed E-state index contributed by atoms with van der Waals surface area (Å²) in [6.07, 6.45) is 4.40. The second-order valence-corrected chi connectivity index (χ2v) is 10.6. The van der Waals surface area contributed by atoms with E-state index < -0.39 is 9.84 Å². The Balaban J connectivity index is 1.74. The molecule has 0 bridgehead atoms. The summed E-state index contributed by atoms with van der Waals surface area (Å²) in [5, 5.41) is -0.306. The van der Waals surface area contributed by atoms with E-state index in [0.717, 1.165) is 24.8 Å². The fourth-order valence-electron chi connectivity index (χ4n) is 3.57. The summed E-state index contributed by atoms with van der Waals surface area (Å²) < 4.78 is 23.5. The molecule has 1 aliphatic carbocycles. The van der Waals surface area contributed by atoms with E-state index in [2.05, 4.69) is 32.0 Å². The lowest BCUT2D eigenvalue weighted by Gasteiger charge is -2.09. The molecule has 2 atom stereocenters. The van der Waals surface area contributed by atoms with Crippen LogP contribution in [0.25, 0.3) is 0 Å². The lowest BCUT2D eigenvalue weighted by atomic mass is 9.95. The minimum Gasteiger partial charge on any atom is -0.299 e. The molecule has 0 N–H and O–H groups in total. The van der Waals surface area contributed by atoms with Gasteiger partial charge in [0.15, 0.2) is 9.84 Å². The molecular formula is C21H32O3S. The molecule has 1 aromatic rings. The molecule has 25 heavy (non-hydrogen) atoms. The second-order valence-electron chi connectivity index (χ2n) is 7.95. The van der Waals surface area contributed by atoms with Gasteiger partial charge in [-0.2, -0.15) is 0 Å². The third kappa shape index (κ3) is 5.40. The molecule has 2 rings (SSSR count). The van der Waals surface area contributed by atoms with Crippen molar-refractivity contribution in [2.24, 2.45) is 5.92 Å². The first-order valence-electron chi connectivity index (χ1n) is 9.55. The van der Waals surface area contributed by atoms with Crippen LogP contribution < -0.4 is 0 Å². The molecule has 140 valence electrons. The van der Waals surface area contributed by atoms with Crippen molar-refractivity contribution >= 4 is 15.6 Å². The molecule has 0 amide bonds. The smallest absolute Gasteiger partial charge is 0.152 e. The first-order chi connectivity index (χ1) is 11.7. The van der Waals surface area contributed by atoms with Gasteiger partial charge >= 0.3 is 0 Å². The number of benzene rings is 1. The lowest BCUT2D eigenvalue weighted by molar-refractivity contribution is -0.118. The van der Waals surface area contributed by atoms with E-state index in [4.69, 9.17) is 0 Å². The van der Waals surface area contributed by atoms with Crippen molar-refractivity contribution in [3.05, 3.63) is 34.9 Å². The summed E-state index contributed by atoms with van der Waals surface area (Å²) in [5.74, 6) is 1.79. The summed E-state index contributed by atoms with van der Waals surface area (Å²) in [4.78, 5) is 12.2. The Morgan fingerprint density at radius 2 is 1.88 bits per heavy atom. The molecule has 1 aromatic carbocycles. The van der Waals surface area contributed by atoms with E-state index in [9.17, 15) is 13.2 Å². The molecule has 0 aliphatic heterocycles. The highest BCUT2D eigenvalue weighted by molar-refractivity contribution is 7.91. The summed E-state index contributed by atoms with van der Waals surface area (Å²) >= 11 is 0. The van der Waals surface area contributed by atoms with Crippen LogP contribution in [-0.2, 0) is 27.5 Å². The maximum absolute atomic E-state index is 12.2. The van der Waals surface area contributed by atoms with Gasteiger partial charge in [-0.15, -0.1) is 0 Å². The van der Waals surface area contributed by atoms with Crippen LogP contribution in [0.4, 0.5) is 0 Å². The quantitative estimate of drug-likeness (QED) is 0.607. The van der Waals surface area contributed by atoms with Crippen LogP contribution in [0.1, 0.15) is 76.0 Å². The zero-order chi connectivity index (χ0) is 18.6. The first kappa shape index (κ1) is 20.2. The van der Waals surface area contributed by atoms with E-state index in [1.54, 1.807) is 13.8 Å². The Morgan fingerprint density at radius 1 is 1.16 bits per heavy atom. The Bertz CT molecular complexity index is 704. The average molecular weight is 365 g/mol. The van der Waals surface area contributed by atoms with Crippen molar-refractivity contribution in [2.45, 2.75) is 77.4 Å². The monoisotopic (exact) mass is 364 g/mol. The van der Waals surface area contributed by atoms with Crippen LogP contribution in [0.5, 0.6) is 0 Å². The van der Waals surface area contributed by atoms with Crippen molar-refractivity contribution in [1.29, 1.82) is 0 Å². The van der Waals surface area contributed by atoms with Gasteiger partial charge in [0, 0.05) is 12.8 Å². The highest BCUT2D eigenvalue weighted by Crippen LogP contribution is 2.37. The van der Waals surface area contributed by atoms with Gasteiger partial charge < -0.3 is 0 Å². The fraction of sp³-hybridized carbons (Fsp3) is 0.667. The Kier molecular flexibility index (Phi) is 6.84. The summed E-state index contributed by atoms with van der Waals surface area (Å²) in [6.45, 7) is 8.00. The Hall–Kier alpha value is -1.16. The van der Waals surface area contributed by atoms with Crippen molar-refractivity contribution < 1.29 is 13.2 Å². The molecule has 1 aliphatic rings. The molecule has 0 saturated carbocycles. The van der Waals surface area contributed by atoms with Crippen molar-refractivity contribution in [2.75, 3.05) is 5.75 Å². The highest BCUT2D eigenvalue weighted by atomic mass is 32.2. The van der Waals surface area contributed by atoms with Crippen LogP contribution in [0.15, 0.2) is 18.2 Å². The van der Waals surface area contributed by atoms with Gasteiger partial charge in [-0.1, -0.05) is 38.5 Å². The molecule has 0 radical (unpaired) electrons. The number of fused-ring (bicyclic) bond motifs is 1. The van der Waals surface area contributed by atoms with Crippen LogP contribution >= 0.6 is 0 Å². The third-order valence-corrected chi connectivity index (χ3v) is 7.89. The van der Waals surface area contributed by atoms with Gasteiger partial charge in [0.1, 0.15) is 5.78 Å². The normalized spacial score (nSPS) is 20.0. The molecule has 0 fully saturated rings. The number of unbranched alkanes of at least 4 members (excludes halogenated alkanes) is 2. The van der Waals surface area contributed by atoms with Crippen molar-refractivity contribution in [3.63, 3.8) is 0 Å². The first-order valence-corrected chi connectivity index (χ1v) is 11.3. The average Bonchev–Trinajstić information content (AvgIpc) is 2.81. The molecule has 0 aromatic heterocycles. The minimum atomic E-state index is -2.95. The zero-order valence-corrected chi connectivity index (χ0v) is 16.9. The molecule has 0 spiro atoms. The molecule has 4 heteroatoms. The number of ketones is 1. The van der Waals surface area contributed by atoms with E-state index in [-0.39, 0.29) is 16.8 Å². The third-order valence-electron chi connectivity index (χ3n) is 5.60. The van der Waals surface area contributed by atoms with Gasteiger partial charge in [0.25, 0.3) is 0 Å². The predicted molar refractivity (Wildman–Crippen MR) is 104 cm³/mol. The largest absolute Gasteiger partial charge is 0.299 e. The number of hydrogen-bond donors (Lipinski definition) is 0. The SMILES string of the molecule is CC1Cc2cc(CC(=O)CCCCCS(=O)(=O)C(C)C)ccc2C1C.